The first kappa shape index (κ1) is 17.8. The SMILES string of the molecule is CC(C)S(=O)(=O)N1CCCC(c2nc(CNC(=O)C3CC3)cs2)C1. The summed E-state index contributed by atoms with van der Waals surface area (Å²) in [5.74, 6) is 0.484. The Balaban J connectivity index is 1.60. The Kier molecular flexibility index (Phi) is 5.27. The highest BCUT2D eigenvalue weighted by atomic mass is 32.2. The van der Waals surface area contributed by atoms with Crippen molar-refractivity contribution >= 4 is 27.3 Å². The summed E-state index contributed by atoms with van der Waals surface area (Å²) in [6.07, 6.45) is 3.82. The molecule has 1 saturated carbocycles. The van der Waals surface area contributed by atoms with Crippen molar-refractivity contribution in [1.82, 2.24) is 14.6 Å². The molecular weight excluding hydrogens is 346 g/mol. The lowest BCUT2D eigenvalue weighted by molar-refractivity contribution is -0.122. The molecule has 8 heteroatoms. The van der Waals surface area contributed by atoms with E-state index in [0.29, 0.717) is 19.6 Å². The van der Waals surface area contributed by atoms with Crippen LogP contribution in [0, 0.1) is 5.92 Å². The third-order valence-corrected chi connectivity index (χ3v) is 7.95. The summed E-state index contributed by atoms with van der Waals surface area (Å²) in [4.78, 5) is 16.3. The van der Waals surface area contributed by atoms with Crippen LogP contribution in [0.15, 0.2) is 5.38 Å². The Hall–Kier alpha value is -0.990. The predicted octanol–water partition coefficient (Wildman–Crippen LogP) is 2.09. The molecule has 134 valence electrons. The summed E-state index contributed by atoms with van der Waals surface area (Å²) in [6.45, 7) is 5.03. The van der Waals surface area contributed by atoms with Crippen molar-refractivity contribution in [2.24, 2.45) is 5.92 Å². The first-order chi connectivity index (χ1) is 11.4. The van der Waals surface area contributed by atoms with Gasteiger partial charge in [-0.2, -0.15) is 0 Å². The molecule has 1 aromatic heterocycles. The molecular formula is C16H25N3O3S2. The van der Waals surface area contributed by atoms with Gasteiger partial charge in [0, 0.05) is 30.3 Å². The van der Waals surface area contributed by atoms with Crippen LogP contribution in [-0.2, 0) is 21.4 Å². The molecule has 0 radical (unpaired) electrons. The van der Waals surface area contributed by atoms with Crippen LogP contribution in [0.5, 0.6) is 0 Å². The van der Waals surface area contributed by atoms with E-state index in [-0.39, 0.29) is 23.0 Å². The first-order valence-corrected chi connectivity index (χ1v) is 11.0. The first-order valence-electron chi connectivity index (χ1n) is 8.59. The van der Waals surface area contributed by atoms with Crippen LogP contribution >= 0.6 is 11.3 Å². The van der Waals surface area contributed by atoms with Crippen LogP contribution in [0.2, 0.25) is 0 Å². The number of carbonyl (C=O) groups excluding carboxylic acids is 1. The van der Waals surface area contributed by atoms with Gasteiger partial charge in [-0.1, -0.05) is 0 Å². The second-order valence-electron chi connectivity index (χ2n) is 6.96. The molecule has 3 rings (SSSR count). The number of rotatable bonds is 6. The number of thiazole rings is 1. The smallest absolute Gasteiger partial charge is 0.223 e. The zero-order valence-corrected chi connectivity index (χ0v) is 15.8. The van der Waals surface area contributed by atoms with E-state index in [4.69, 9.17) is 0 Å². The molecule has 0 aromatic carbocycles. The molecule has 1 amide bonds. The number of carbonyl (C=O) groups is 1. The van der Waals surface area contributed by atoms with Gasteiger partial charge in [-0.25, -0.2) is 17.7 Å². The fraction of sp³-hybridized carbons (Fsp3) is 0.750. The van der Waals surface area contributed by atoms with Gasteiger partial charge in [-0.15, -0.1) is 11.3 Å². The molecule has 1 atom stereocenters. The van der Waals surface area contributed by atoms with Crippen LogP contribution < -0.4 is 5.32 Å². The Morgan fingerprint density at radius 3 is 2.83 bits per heavy atom. The lowest BCUT2D eigenvalue weighted by Gasteiger charge is -2.32. The van der Waals surface area contributed by atoms with E-state index >= 15 is 0 Å². The molecule has 0 spiro atoms. The second kappa shape index (κ2) is 7.09. The Bertz CT molecular complexity index is 695. The summed E-state index contributed by atoms with van der Waals surface area (Å²) < 4.78 is 26.4. The van der Waals surface area contributed by atoms with Gasteiger partial charge in [0.1, 0.15) is 0 Å². The van der Waals surface area contributed by atoms with Crippen molar-refractivity contribution in [3.05, 3.63) is 16.1 Å². The summed E-state index contributed by atoms with van der Waals surface area (Å²) >= 11 is 1.57. The topological polar surface area (TPSA) is 79.4 Å². The zero-order chi connectivity index (χ0) is 17.3. The lowest BCUT2D eigenvalue weighted by Crippen LogP contribution is -2.42. The number of aromatic nitrogens is 1. The van der Waals surface area contributed by atoms with Gasteiger partial charge in [0.15, 0.2) is 0 Å². The quantitative estimate of drug-likeness (QED) is 0.830. The molecule has 0 bridgehead atoms. The highest BCUT2D eigenvalue weighted by molar-refractivity contribution is 7.89. The van der Waals surface area contributed by atoms with Crippen LogP contribution in [0.1, 0.15) is 56.2 Å². The highest BCUT2D eigenvalue weighted by Gasteiger charge is 2.33. The van der Waals surface area contributed by atoms with Gasteiger partial charge in [0.2, 0.25) is 15.9 Å². The molecule has 2 heterocycles. The largest absolute Gasteiger partial charge is 0.350 e. The van der Waals surface area contributed by atoms with Crippen molar-refractivity contribution in [3.8, 4) is 0 Å². The van der Waals surface area contributed by atoms with Gasteiger partial charge in [0.25, 0.3) is 0 Å². The van der Waals surface area contributed by atoms with E-state index in [2.05, 4.69) is 10.3 Å². The molecule has 24 heavy (non-hydrogen) atoms. The maximum Gasteiger partial charge on any atom is 0.223 e. The average Bonchev–Trinajstić information content (AvgIpc) is 3.31. The third-order valence-electron chi connectivity index (χ3n) is 4.65. The minimum Gasteiger partial charge on any atom is -0.350 e. The van der Waals surface area contributed by atoms with E-state index in [1.165, 1.54) is 0 Å². The number of amides is 1. The van der Waals surface area contributed by atoms with Crippen LogP contribution in [0.3, 0.4) is 0 Å². The van der Waals surface area contributed by atoms with E-state index in [0.717, 1.165) is 36.4 Å². The molecule has 1 saturated heterocycles. The summed E-state index contributed by atoms with van der Waals surface area (Å²) in [5.41, 5.74) is 0.868. The average molecular weight is 372 g/mol. The molecule has 2 fully saturated rings. The number of piperidine rings is 1. The van der Waals surface area contributed by atoms with E-state index in [1.807, 2.05) is 5.38 Å². The van der Waals surface area contributed by atoms with Gasteiger partial charge < -0.3 is 5.32 Å². The fourth-order valence-corrected chi connectivity index (χ4v) is 5.25. The minimum atomic E-state index is -3.20. The normalized spacial score (nSPS) is 22.7. The van der Waals surface area contributed by atoms with Crippen molar-refractivity contribution < 1.29 is 13.2 Å². The Labute approximate surface area is 147 Å². The zero-order valence-electron chi connectivity index (χ0n) is 14.2. The molecule has 1 aliphatic carbocycles. The maximum atomic E-state index is 12.4. The standard InChI is InChI=1S/C16H25N3O3S2/c1-11(2)24(21,22)19-7-3-4-13(9-19)16-18-14(10-23-16)8-17-15(20)12-5-6-12/h10-13H,3-9H2,1-2H3,(H,17,20). The van der Waals surface area contributed by atoms with E-state index in [1.54, 1.807) is 29.5 Å². The molecule has 2 aliphatic rings. The number of hydrogen-bond acceptors (Lipinski definition) is 5. The Morgan fingerprint density at radius 1 is 1.42 bits per heavy atom. The maximum absolute atomic E-state index is 12.4. The predicted molar refractivity (Wildman–Crippen MR) is 94.3 cm³/mol. The summed E-state index contributed by atoms with van der Waals surface area (Å²) in [6, 6.07) is 0. The third kappa shape index (κ3) is 3.97. The van der Waals surface area contributed by atoms with Crippen molar-refractivity contribution in [1.29, 1.82) is 0 Å². The number of nitrogens with one attached hydrogen (secondary N) is 1. The minimum absolute atomic E-state index is 0.122. The molecule has 1 unspecified atom stereocenters. The molecule has 1 aliphatic heterocycles. The van der Waals surface area contributed by atoms with Crippen LogP contribution in [0.25, 0.3) is 0 Å². The second-order valence-corrected chi connectivity index (χ2v) is 10.3. The number of sulfonamides is 1. The van der Waals surface area contributed by atoms with E-state index in [9.17, 15) is 13.2 Å². The highest BCUT2D eigenvalue weighted by Crippen LogP contribution is 2.31. The van der Waals surface area contributed by atoms with Crippen molar-refractivity contribution in [3.63, 3.8) is 0 Å². The van der Waals surface area contributed by atoms with Gasteiger partial charge in [-0.3, -0.25) is 4.79 Å². The molecule has 6 nitrogen and oxygen atoms in total. The Morgan fingerprint density at radius 2 is 2.17 bits per heavy atom. The fourth-order valence-electron chi connectivity index (χ4n) is 2.93. The number of nitrogens with zero attached hydrogens (tertiary/aromatic N) is 2. The summed E-state index contributed by atoms with van der Waals surface area (Å²) in [5, 5.41) is 5.49. The summed E-state index contributed by atoms with van der Waals surface area (Å²) in [7, 11) is -3.20. The number of hydrogen-bond donors (Lipinski definition) is 1. The van der Waals surface area contributed by atoms with Crippen molar-refractivity contribution in [2.75, 3.05) is 13.1 Å². The lowest BCUT2D eigenvalue weighted by atomic mass is 10.0. The van der Waals surface area contributed by atoms with Crippen LogP contribution in [0.4, 0.5) is 0 Å². The molecule has 1 N–H and O–H groups in total. The van der Waals surface area contributed by atoms with Crippen molar-refractivity contribution in [2.45, 2.75) is 57.2 Å². The monoisotopic (exact) mass is 371 g/mol. The van der Waals surface area contributed by atoms with Crippen LogP contribution in [-0.4, -0.2) is 42.0 Å². The van der Waals surface area contributed by atoms with E-state index < -0.39 is 10.0 Å². The van der Waals surface area contributed by atoms with Gasteiger partial charge in [-0.05, 0) is 39.5 Å². The molecule has 1 aromatic rings. The van der Waals surface area contributed by atoms with Gasteiger partial charge >= 0.3 is 0 Å². The van der Waals surface area contributed by atoms with Gasteiger partial charge in [0.05, 0.1) is 22.5 Å².